The van der Waals surface area contributed by atoms with Gasteiger partial charge in [-0.05, 0) is 43.3 Å². The molecule has 8 heteroatoms. The molecule has 2 heterocycles. The van der Waals surface area contributed by atoms with E-state index in [1.165, 1.54) is 23.1 Å². The van der Waals surface area contributed by atoms with E-state index in [1.807, 2.05) is 13.8 Å². The van der Waals surface area contributed by atoms with E-state index in [-0.39, 0.29) is 0 Å². The van der Waals surface area contributed by atoms with Crippen molar-refractivity contribution < 1.29 is 0 Å². The Morgan fingerprint density at radius 2 is 1.35 bits per heavy atom. The summed E-state index contributed by atoms with van der Waals surface area (Å²) in [6.07, 6.45) is 1.12. The van der Waals surface area contributed by atoms with E-state index in [1.54, 1.807) is 23.5 Å². The van der Waals surface area contributed by atoms with Crippen LogP contribution in [0.2, 0.25) is 0 Å². The molecule has 0 radical (unpaired) electrons. The van der Waals surface area contributed by atoms with Gasteiger partial charge in [0.05, 0.1) is 0 Å². The van der Waals surface area contributed by atoms with E-state index >= 15 is 0 Å². The number of thioether (sulfide) groups is 2. The lowest BCUT2D eigenvalue weighted by Crippen LogP contribution is -1.86. The summed E-state index contributed by atoms with van der Waals surface area (Å²) in [6, 6.07) is 0. The van der Waals surface area contributed by atoms with Gasteiger partial charge >= 0.3 is 0 Å². The molecule has 0 aliphatic heterocycles. The van der Waals surface area contributed by atoms with Gasteiger partial charge in [0, 0.05) is 11.5 Å². The minimum atomic E-state index is 0.903. The third-order valence-corrected chi connectivity index (χ3v) is 5.11. The van der Waals surface area contributed by atoms with Gasteiger partial charge in [-0.25, -0.2) is 9.97 Å². The number of nitrogens with zero attached hydrogens (tertiary/aromatic N) is 4. The van der Waals surface area contributed by atoms with Gasteiger partial charge in [-0.2, -0.15) is 8.75 Å². The molecule has 92 valence electrons. The third-order valence-electron chi connectivity index (χ3n) is 1.77. The second kappa shape index (κ2) is 6.67. The maximum atomic E-state index is 4.31. The molecule has 4 nitrogen and oxygen atoms in total. The van der Waals surface area contributed by atoms with Crippen molar-refractivity contribution in [2.75, 3.05) is 11.5 Å². The van der Waals surface area contributed by atoms with Gasteiger partial charge in [-0.3, -0.25) is 0 Å². The normalized spacial score (nSPS) is 10.9. The minimum Gasteiger partial charge on any atom is -0.215 e. The highest BCUT2D eigenvalue weighted by molar-refractivity contribution is 8.00. The lowest BCUT2D eigenvalue weighted by molar-refractivity contribution is 1.02. The van der Waals surface area contributed by atoms with Crippen LogP contribution in [0.25, 0.3) is 0 Å². The van der Waals surface area contributed by atoms with E-state index in [0.29, 0.717) is 0 Å². The standard InChI is InChI=1S/C9H12N4S4/c1-6-10-8(12-16-6)14-4-3-5-15-9-11-7(2)17-13-9/h3-5H2,1-2H3. The van der Waals surface area contributed by atoms with Crippen molar-refractivity contribution in [3.05, 3.63) is 10.0 Å². The molecule has 0 unspecified atom stereocenters. The van der Waals surface area contributed by atoms with Crippen molar-refractivity contribution >= 4 is 46.6 Å². The molecular weight excluding hydrogens is 292 g/mol. The lowest BCUT2D eigenvalue weighted by Gasteiger charge is -1.96. The molecule has 2 rings (SSSR count). The molecule has 0 saturated heterocycles. The molecule has 0 aliphatic rings. The van der Waals surface area contributed by atoms with Crippen molar-refractivity contribution in [1.29, 1.82) is 0 Å². The molecule has 0 aliphatic carbocycles. The molecule has 0 bridgehead atoms. The quantitative estimate of drug-likeness (QED) is 0.603. The summed E-state index contributed by atoms with van der Waals surface area (Å²) in [4.78, 5) is 8.62. The predicted octanol–water partition coefficient (Wildman–Crippen LogP) is 3.28. The summed E-state index contributed by atoms with van der Waals surface area (Å²) in [5.74, 6) is 2.10. The Hall–Kier alpha value is -0.180. The molecule has 17 heavy (non-hydrogen) atoms. The van der Waals surface area contributed by atoms with Gasteiger partial charge < -0.3 is 0 Å². The molecule has 0 saturated carbocycles. The van der Waals surface area contributed by atoms with Crippen molar-refractivity contribution in [3.8, 4) is 0 Å². The second-order valence-electron chi connectivity index (χ2n) is 3.24. The van der Waals surface area contributed by atoms with E-state index in [9.17, 15) is 0 Å². The largest absolute Gasteiger partial charge is 0.215 e. The van der Waals surface area contributed by atoms with Crippen LogP contribution in [0.5, 0.6) is 0 Å². The van der Waals surface area contributed by atoms with Crippen molar-refractivity contribution in [3.63, 3.8) is 0 Å². The Morgan fingerprint density at radius 3 is 1.71 bits per heavy atom. The van der Waals surface area contributed by atoms with Crippen LogP contribution in [0.4, 0.5) is 0 Å². The predicted molar refractivity (Wildman–Crippen MR) is 75.4 cm³/mol. The Morgan fingerprint density at radius 1 is 0.882 bits per heavy atom. The van der Waals surface area contributed by atoms with Crippen LogP contribution in [0, 0.1) is 13.8 Å². The average Bonchev–Trinajstić information content (AvgIpc) is 2.88. The van der Waals surface area contributed by atoms with Crippen LogP contribution >= 0.6 is 46.6 Å². The second-order valence-corrected chi connectivity index (χ2v) is 7.28. The summed E-state index contributed by atoms with van der Waals surface area (Å²) in [5.41, 5.74) is 0. The number of hydrogen-bond donors (Lipinski definition) is 0. The maximum Gasteiger partial charge on any atom is 0.200 e. The Labute approximate surface area is 117 Å². The fraction of sp³-hybridized carbons (Fsp3) is 0.556. The molecule has 0 aromatic carbocycles. The molecular formula is C9H12N4S4. The first-order valence-corrected chi connectivity index (χ1v) is 8.62. The molecule has 0 N–H and O–H groups in total. The fourth-order valence-electron chi connectivity index (χ4n) is 1.06. The van der Waals surface area contributed by atoms with E-state index in [0.717, 1.165) is 38.3 Å². The number of aryl methyl sites for hydroxylation is 2. The molecule has 0 spiro atoms. The first-order valence-electron chi connectivity index (χ1n) is 5.10. The zero-order valence-corrected chi connectivity index (χ0v) is 12.8. The molecule has 0 fully saturated rings. The van der Waals surface area contributed by atoms with Crippen LogP contribution in [0.1, 0.15) is 16.4 Å². The molecule has 0 atom stereocenters. The Kier molecular flexibility index (Phi) is 5.20. The number of aromatic nitrogens is 4. The van der Waals surface area contributed by atoms with Gasteiger partial charge in [-0.1, -0.05) is 23.5 Å². The summed E-state index contributed by atoms with van der Waals surface area (Å²) in [5, 5.41) is 3.87. The van der Waals surface area contributed by atoms with Crippen molar-refractivity contribution in [2.45, 2.75) is 30.6 Å². The van der Waals surface area contributed by atoms with Gasteiger partial charge in [-0.15, -0.1) is 0 Å². The van der Waals surface area contributed by atoms with Crippen LogP contribution in [-0.2, 0) is 0 Å². The van der Waals surface area contributed by atoms with E-state index < -0.39 is 0 Å². The number of rotatable bonds is 6. The van der Waals surface area contributed by atoms with Crippen LogP contribution < -0.4 is 0 Å². The van der Waals surface area contributed by atoms with Crippen LogP contribution in [0.15, 0.2) is 10.3 Å². The molecule has 2 aromatic heterocycles. The molecule has 0 amide bonds. The summed E-state index contributed by atoms with van der Waals surface area (Å²) in [6.45, 7) is 3.96. The smallest absolute Gasteiger partial charge is 0.200 e. The Balaban J connectivity index is 1.60. The Bertz CT molecular complexity index is 425. The third kappa shape index (κ3) is 4.53. The monoisotopic (exact) mass is 304 g/mol. The highest BCUT2D eigenvalue weighted by Gasteiger charge is 2.03. The molecule has 2 aromatic rings. The van der Waals surface area contributed by atoms with Crippen LogP contribution in [-0.4, -0.2) is 30.2 Å². The SMILES string of the molecule is Cc1nc(SCCCSc2nsc(C)n2)ns1. The maximum absolute atomic E-state index is 4.31. The minimum absolute atomic E-state index is 0.903. The van der Waals surface area contributed by atoms with E-state index in [2.05, 4.69) is 18.7 Å². The average molecular weight is 304 g/mol. The first kappa shape index (κ1) is 13.3. The zero-order chi connectivity index (χ0) is 12.1. The highest BCUT2D eigenvalue weighted by Crippen LogP contribution is 2.20. The first-order chi connectivity index (χ1) is 8.24. The lowest BCUT2D eigenvalue weighted by atomic mass is 10.6. The topological polar surface area (TPSA) is 51.6 Å². The van der Waals surface area contributed by atoms with Gasteiger partial charge in [0.15, 0.2) is 10.3 Å². The van der Waals surface area contributed by atoms with Crippen molar-refractivity contribution in [1.82, 2.24) is 18.7 Å². The van der Waals surface area contributed by atoms with Gasteiger partial charge in [0.1, 0.15) is 10.0 Å². The van der Waals surface area contributed by atoms with Crippen molar-refractivity contribution in [2.24, 2.45) is 0 Å². The summed E-state index contributed by atoms with van der Waals surface area (Å²) >= 11 is 6.36. The van der Waals surface area contributed by atoms with E-state index in [4.69, 9.17) is 0 Å². The van der Waals surface area contributed by atoms with Gasteiger partial charge in [0.2, 0.25) is 0 Å². The number of hydrogen-bond acceptors (Lipinski definition) is 8. The fourth-order valence-corrected chi connectivity index (χ4v) is 4.11. The summed E-state index contributed by atoms with van der Waals surface area (Å²) in [7, 11) is 0. The van der Waals surface area contributed by atoms with Gasteiger partial charge in [0.25, 0.3) is 0 Å². The summed E-state index contributed by atoms with van der Waals surface area (Å²) < 4.78 is 8.48. The van der Waals surface area contributed by atoms with Crippen LogP contribution in [0.3, 0.4) is 0 Å². The highest BCUT2D eigenvalue weighted by atomic mass is 32.2. The zero-order valence-electron chi connectivity index (χ0n) is 9.54.